The molecule has 0 atom stereocenters. The lowest BCUT2D eigenvalue weighted by Gasteiger charge is -2.31. The van der Waals surface area contributed by atoms with Crippen LogP contribution in [0, 0.1) is 0 Å². The molecule has 2 rings (SSSR count). The summed E-state index contributed by atoms with van der Waals surface area (Å²) >= 11 is 5.48. The van der Waals surface area contributed by atoms with Crippen LogP contribution in [0.25, 0.3) is 0 Å². The molecule has 0 aromatic heterocycles. The molecule has 0 unspecified atom stereocenters. The lowest BCUT2D eigenvalue weighted by Crippen LogP contribution is -2.46. The normalized spacial score (nSPS) is 15.6. The average Bonchev–Trinajstić information content (AvgIpc) is 2.54. The molecule has 0 saturated carbocycles. The molecule has 1 fully saturated rings. The number of nitrogens with zero attached hydrogens (tertiary/aromatic N) is 1. The van der Waals surface area contributed by atoms with Gasteiger partial charge >= 0.3 is 6.09 Å². The van der Waals surface area contributed by atoms with Crippen molar-refractivity contribution in [1.82, 2.24) is 10.2 Å². The zero-order chi connectivity index (χ0) is 15.1. The van der Waals surface area contributed by atoms with E-state index in [0.29, 0.717) is 24.5 Å². The minimum Gasteiger partial charge on any atom is -0.448 e. The number of halogens is 1. The summed E-state index contributed by atoms with van der Waals surface area (Å²) < 4.78 is 4.98. The zero-order valence-electron chi connectivity index (χ0n) is 11.8. The van der Waals surface area contributed by atoms with Crippen LogP contribution in [0.3, 0.4) is 0 Å². The van der Waals surface area contributed by atoms with Crippen LogP contribution < -0.4 is 5.32 Å². The van der Waals surface area contributed by atoms with Gasteiger partial charge in [0.05, 0.1) is 5.88 Å². The highest BCUT2D eigenvalue weighted by atomic mass is 35.5. The van der Waals surface area contributed by atoms with Crippen LogP contribution >= 0.6 is 11.6 Å². The quantitative estimate of drug-likeness (QED) is 0.868. The Morgan fingerprint density at radius 1 is 1.24 bits per heavy atom. The lowest BCUT2D eigenvalue weighted by molar-refractivity contribution is 0.0862. The third kappa shape index (κ3) is 4.63. The Morgan fingerprint density at radius 3 is 2.52 bits per heavy atom. The van der Waals surface area contributed by atoms with Gasteiger partial charge in [0.2, 0.25) is 0 Å². The molecule has 114 valence electrons. The van der Waals surface area contributed by atoms with Crippen LogP contribution in [-0.4, -0.2) is 48.5 Å². The summed E-state index contributed by atoms with van der Waals surface area (Å²) in [7, 11) is 0. The maximum atomic E-state index is 12.0. The number of carbonyl (C=O) groups excluding carboxylic acids is 2. The van der Waals surface area contributed by atoms with Crippen molar-refractivity contribution < 1.29 is 14.3 Å². The molecule has 1 aromatic rings. The third-order valence-corrected chi connectivity index (χ3v) is 3.58. The van der Waals surface area contributed by atoms with Gasteiger partial charge in [-0.1, -0.05) is 18.2 Å². The number of piperidine rings is 1. The van der Waals surface area contributed by atoms with Crippen molar-refractivity contribution in [2.75, 3.05) is 25.6 Å². The van der Waals surface area contributed by atoms with Gasteiger partial charge in [0.1, 0.15) is 6.61 Å². The second kappa shape index (κ2) is 7.88. The maximum absolute atomic E-state index is 12.0. The topological polar surface area (TPSA) is 58.6 Å². The number of amides is 2. The van der Waals surface area contributed by atoms with E-state index < -0.39 is 0 Å². The number of ether oxygens (including phenoxy) is 1. The molecule has 1 aliphatic rings. The molecule has 1 saturated heterocycles. The monoisotopic (exact) mass is 310 g/mol. The van der Waals surface area contributed by atoms with Crippen LogP contribution in [0.2, 0.25) is 0 Å². The van der Waals surface area contributed by atoms with Gasteiger partial charge in [0.25, 0.3) is 5.91 Å². The van der Waals surface area contributed by atoms with E-state index in [4.69, 9.17) is 16.3 Å². The molecular weight excluding hydrogens is 292 g/mol. The van der Waals surface area contributed by atoms with Crippen LogP contribution in [0.5, 0.6) is 0 Å². The van der Waals surface area contributed by atoms with Gasteiger partial charge in [-0.05, 0) is 25.0 Å². The minimum absolute atomic E-state index is 0.0706. The second-order valence-corrected chi connectivity index (χ2v) is 5.28. The highest BCUT2D eigenvalue weighted by molar-refractivity contribution is 6.18. The van der Waals surface area contributed by atoms with E-state index in [0.717, 1.165) is 12.8 Å². The Kier molecular flexibility index (Phi) is 5.87. The summed E-state index contributed by atoms with van der Waals surface area (Å²) in [6.45, 7) is 1.40. The van der Waals surface area contributed by atoms with E-state index in [2.05, 4.69) is 5.32 Å². The molecule has 1 aliphatic heterocycles. The summed E-state index contributed by atoms with van der Waals surface area (Å²) in [6, 6.07) is 9.22. The predicted octanol–water partition coefficient (Wildman–Crippen LogP) is 2.26. The van der Waals surface area contributed by atoms with Crippen molar-refractivity contribution in [2.24, 2.45) is 0 Å². The Bertz CT molecular complexity index is 473. The molecule has 0 radical (unpaired) electrons. The highest BCUT2D eigenvalue weighted by Gasteiger charge is 2.24. The molecule has 0 aliphatic carbocycles. The SMILES string of the molecule is O=C(NC1CCN(C(=O)OCCCl)CC1)c1ccccc1. The number of benzene rings is 1. The average molecular weight is 311 g/mol. The second-order valence-electron chi connectivity index (χ2n) is 4.90. The highest BCUT2D eigenvalue weighted by Crippen LogP contribution is 2.12. The van der Waals surface area contributed by atoms with E-state index >= 15 is 0 Å². The molecule has 0 bridgehead atoms. The zero-order valence-corrected chi connectivity index (χ0v) is 12.5. The fourth-order valence-corrected chi connectivity index (χ4v) is 2.36. The molecule has 0 spiro atoms. The van der Waals surface area contributed by atoms with Gasteiger partial charge in [-0.15, -0.1) is 11.6 Å². The third-order valence-electron chi connectivity index (χ3n) is 3.43. The van der Waals surface area contributed by atoms with Crippen LogP contribution in [-0.2, 0) is 4.74 Å². The van der Waals surface area contributed by atoms with E-state index in [9.17, 15) is 9.59 Å². The van der Waals surface area contributed by atoms with Crippen molar-refractivity contribution in [3.05, 3.63) is 35.9 Å². The van der Waals surface area contributed by atoms with E-state index in [1.165, 1.54) is 0 Å². The van der Waals surface area contributed by atoms with E-state index in [1.807, 2.05) is 18.2 Å². The molecular formula is C15H19ClN2O3. The van der Waals surface area contributed by atoms with Crippen LogP contribution in [0.1, 0.15) is 23.2 Å². The Labute approximate surface area is 129 Å². The molecule has 5 nitrogen and oxygen atoms in total. The number of carbonyl (C=O) groups is 2. The number of rotatable bonds is 4. The Balaban J connectivity index is 1.77. The maximum Gasteiger partial charge on any atom is 0.409 e. The first-order chi connectivity index (χ1) is 10.2. The summed E-state index contributed by atoms with van der Waals surface area (Å²) in [5.41, 5.74) is 0.654. The standard InChI is InChI=1S/C15H19ClN2O3/c16-8-11-21-15(20)18-9-6-13(7-10-18)17-14(19)12-4-2-1-3-5-12/h1-5,13H,6-11H2,(H,17,19). The predicted molar refractivity (Wildman–Crippen MR) is 80.6 cm³/mol. The van der Waals surface area contributed by atoms with Crippen molar-refractivity contribution in [2.45, 2.75) is 18.9 Å². The smallest absolute Gasteiger partial charge is 0.409 e. The van der Waals surface area contributed by atoms with E-state index in [-0.39, 0.29) is 24.6 Å². The largest absolute Gasteiger partial charge is 0.448 e. The van der Waals surface area contributed by atoms with Crippen molar-refractivity contribution in [3.63, 3.8) is 0 Å². The number of nitrogens with one attached hydrogen (secondary N) is 1. The molecule has 2 amide bonds. The van der Waals surface area contributed by atoms with Gasteiger partial charge in [0, 0.05) is 24.7 Å². The van der Waals surface area contributed by atoms with Gasteiger partial charge in [-0.25, -0.2) is 4.79 Å². The van der Waals surface area contributed by atoms with Gasteiger partial charge in [-0.2, -0.15) is 0 Å². The fraction of sp³-hybridized carbons (Fsp3) is 0.467. The molecule has 6 heteroatoms. The molecule has 1 aromatic carbocycles. The minimum atomic E-state index is -0.330. The van der Waals surface area contributed by atoms with Gasteiger partial charge in [0.15, 0.2) is 0 Å². The summed E-state index contributed by atoms with van der Waals surface area (Å²) in [5.74, 6) is 0.230. The summed E-state index contributed by atoms with van der Waals surface area (Å²) in [5, 5.41) is 3.00. The Morgan fingerprint density at radius 2 is 1.90 bits per heavy atom. The number of likely N-dealkylation sites (tertiary alicyclic amines) is 1. The molecule has 21 heavy (non-hydrogen) atoms. The first-order valence-corrected chi connectivity index (χ1v) is 7.57. The number of hydrogen-bond acceptors (Lipinski definition) is 3. The van der Waals surface area contributed by atoms with Gasteiger partial charge < -0.3 is 15.0 Å². The van der Waals surface area contributed by atoms with Crippen molar-refractivity contribution in [3.8, 4) is 0 Å². The van der Waals surface area contributed by atoms with Crippen molar-refractivity contribution >= 4 is 23.6 Å². The van der Waals surface area contributed by atoms with Crippen LogP contribution in [0.15, 0.2) is 30.3 Å². The van der Waals surface area contributed by atoms with Crippen LogP contribution in [0.4, 0.5) is 4.79 Å². The molecule has 1 heterocycles. The molecule has 1 N–H and O–H groups in total. The van der Waals surface area contributed by atoms with E-state index in [1.54, 1.807) is 17.0 Å². The Hall–Kier alpha value is -1.75. The summed E-state index contributed by atoms with van der Waals surface area (Å²) in [4.78, 5) is 25.4. The first kappa shape index (κ1) is 15.6. The lowest BCUT2D eigenvalue weighted by atomic mass is 10.0. The van der Waals surface area contributed by atoms with Gasteiger partial charge in [-0.3, -0.25) is 4.79 Å². The fourth-order valence-electron chi connectivity index (χ4n) is 2.28. The number of hydrogen-bond donors (Lipinski definition) is 1. The number of alkyl halides is 1. The first-order valence-electron chi connectivity index (χ1n) is 7.04. The summed E-state index contributed by atoms with van der Waals surface area (Å²) in [6.07, 6.45) is 1.13. The van der Waals surface area contributed by atoms with Crippen molar-refractivity contribution in [1.29, 1.82) is 0 Å².